The lowest BCUT2D eigenvalue weighted by Gasteiger charge is -2.12. The second-order valence-electron chi connectivity index (χ2n) is 4.25. The Balaban J connectivity index is 2.37. The second-order valence-corrected chi connectivity index (χ2v) is 4.25. The van der Waals surface area contributed by atoms with Crippen LogP contribution in [0.3, 0.4) is 0 Å². The normalized spacial score (nSPS) is 11.3. The summed E-state index contributed by atoms with van der Waals surface area (Å²) in [5.41, 5.74) is -1.24. The SMILES string of the molecule is CNc1cc(Nc2cc(C(F)(F)F)ccc2F)nc(C)n1. The number of rotatable bonds is 3. The number of hydrogen-bond acceptors (Lipinski definition) is 4. The summed E-state index contributed by atoms with van der Waals surface area (Å²) in [5, 5.41) is 5.31. The molecule has 0 fully saturated rings. The van der Waals surface area contributed by atoms with Crippen LogP contribution in [0.5, 0.6) is 0 Å². The third-order valence-corrected chi connectivity index (χ3v) is 2.65. The molecule has 21 heavy (non-hydrogen) atoms. The number of halogens is 4. The molecular formula is C13H12F4N4. The van der Waals surface area contributed by atoms with Gasteiger partial charge in [0.25, 0.3) is 0 Å². The highest BCUT2D eigenvalue weighted by molar-refractivity contribution is 5.60. The Labute approximate surface area is 118 Å². The summed E-state index contributed by atoms with van der Waals surface area (Å²) in [6.45, 7) is 1.62. The van der Waals surface area contributed by atoms with E-state index >= 15 is 0 Å². The number of hydrogen-bond donors (Lipinski definition) is 2. The van der Waals surface area contributed by atoms with Gasteiger partial charge < -0.3 is 10.6 Å². The van der Waals surface area contributed by atoms with Crippen molar-refractivity contribution in [2.24, 2.45) is 0 Å². The lowest BCUT2D eigenvalue weighted by atomic mass is 10.2. The molecule has 4 nitrogen and oxygen atoms in total. The fourth-order valence-corrected chi connectivity index (χ4v) is 1.70. The van der Waals surface area contributed by atoms with Gasteiger partial charge in [0, 0.05) is 13.1 Å². The third-order valence-electron chi connectivity index (χ3n) is 2.65. The maximum Gasteiger partial charge on any atom is 0.416 e. The van der Waals surface area contributed by atoms with Crippen molar-refractivity contribution in [1.82, 2.24) is 9.97 Å². The van der Waals surface area contributed by atoms with E-state index in [2.05, 4.69) is 20.6 Å². The van der Waals surface area contributed by atoms with E-state index in [4.69, 9.17) is 0 Å². The lowest BCUT2D eigenvalue weighted by Crippen LogP contribution is -2.07. The summed E-state index contributed by atoms with van der Waals surface area (Å²) in [7, 11) is 1.64. The van der Waals surface area contributed by atoms with E-state index in [1.807, 2.05) is 0 Å². The average molecular weight is 300 g/mol. The van der Waals surface area contributed by atoms with Crippen molar-refractivity contribution >= 4 is 17.3 Å². The summed E-state index contributed by atoms with van der Waals surface area (Å²) in [4.78, 5) is 8.04. The van der Waals surface area contributed by atoms with Crippen molar-refractivity contribution in [2.45, 2.75) is 13.1 Å². The molecule has 0 amide bonds. The van der Waals surface area contributed by atoms with Gasteiger partial charge in [-0.1, -0.05) is 0 Å². The fraction of sp³-hybridized carbons (Fsp3) is 0.231. The van der Waals surface area contributed by atoms with Crippen LogP contribution >= 0.6 is 0 Å². The summed E-state index contributed by atoms with van der Waals surface area (Å²) in [6, 6.07) is 3.61. The molecular weight excluding hydrogens is 288 g/mol. The molecule has 0 spiro atoms. The van der Waals surface area contributed by atoms with Gasteiger partial charge in [-0.15, -0.1) is 0 Å². The van der Waals surface area contributed by atoms with Gasteiger partial charge in [0.15, 0.2) is 0 Å². The quantitative estimate of drug-likeness (QED) is 0.848. The summed E-state index contributed by atoms with van der Waals surface area (Å²) >= 11 is 0. The van der Waals surface area contributed by atoms with Crippen LogP contribution in [0, 0.1) is 12.7 Å². The number of nitrogens with zero attached hydrogens (tertiary/aromatic N) is 2. The standard InChI is InChI=1S/C13H12F4N4/c1-7-19-11(18-2)6-12(20-7)21-10-5-8(13(15,16)17)3-4-9(10)14/h3-6H,1-2H3,(H2,18,19,20,21). The Hall–Kier alpha value is -2.38. The van der Waals surface area contributed by atoms with E-state index in [-0.39, 0.29) is 11.5 Å². The predicted octanol–water partition coefficient (Wildman–Crippen LogP) is 3.73. The highest BCUT2D eigenvalue weighted by Gasteiger charge is 2.31. The van der Waals surface area contributed by atoms with Gasteiger partial charge in [0.05, 0.1) is 11.3 Å². The van der Waals surface area contributed by atoms with E-state index in [1.165, 1.54) is 6.07 Å². The Morgan fingerprint density at radius 1 is 1.05 bits per heavy atom. The molecule has 1 aromatic carbocycles. The predicted molar refractivity (Wildman–Crippen MR) is 71.0 cm³/mol. The first-order valence-electron chi connectivity index (χ1n) is 5.97. The van der Waals surface area contributed by atoms with E-state index in [1.54, 1.807) is 14.0 Å². The molecule has 2 N–H and O–H groups in total. The number of benzene rings is 1. The second kappa shape index (κ2) is 5.55. The number of aromatic nitrogens is 2. The summed E-state index contributed by atoms with van der Waals surface area (Å²) in [5.74, 6) is 0.268. The van der Waals surface area contributed by atoms with Gasteiger partial charge in [0.2, 0.25) is 0 Å². The molecule has 0 aliphatic rings. The Bertz CT molecular complexity index is 655. The summed E-state index contributed by atoms with van der Waals surface area (Å²) in [6.07, 6.45) is -4.54. The molecule has 0 atom stereocenters. The van der Waals surface area contributed by atoms with Crippen molar-refractivity contribution in [2.75, 3.05) is 17.7 Å². The van der Waals surface area contributed by atoms with E-state index < -0.39 is 17.6 Å². The van der Waals surface area contributed by atoms with Gasteiger partial charge >= 0.3 is 6.18 Å². The zero-order valence-corrected chi connectivity index (χ0v) is 11.2. The average Bonchev–Trinajstić information content (AvgIpc) is 2.39. The summed E-state index contributed by atoms with van der Waals surface area (Å²) < 4.78 is 51.5. The minimum absolute atomic E-state index is 0.199. The minimum Gasteiger partial charge on any atom is -0.373 e. The first-order valence-corrected chi connectivity index (χ1v) is 5.97. The van der Waals surface area contributed by atoms with Crippen LogP contribution in [-0.4, -0.2) is 17.0 Å². The van der Waals surface area contributed by atoms with Crippen LogP contribution < -0.4 is 10.6 Å². The van der Waals surface area contributed by atoms with Crippen LogP contribution in [-0.2, 0) is 6.18 Å². The first kappa shape index (κ1) is 15.0. The van der Waals surface area contributed by atoms with Crippen LogP contribution in [0.2, 0.25) is 0 Å². The highest BCUT2D eigenvalue weighted by Crippen LogP contribution is 2.32. The van der Waals surface area contributed by atoms with Crippen molar-refractivity contribution in [1.29, 1.82) is 0 Å². The molecule has 112 valence electrons. The molecule has 0 saturated heterocycles. The molecule has 1 aromatic heterocycles. The fourth-order valence-electron chi connectivity index (χ4n) is 1.70. The smallest absolute Gasteiger partial charge is 0.373 e. The number of alkyl halides is 3. The molecule has 2 rings (SSSR count). The van der Waals surface area contributed by atoms with E-state index in [0.29, 0.717) is 23.8 Å². The van der Waals surface area contributed by atoms with Crippen molar-refractivity contribution in [3.8, 4) is 0 Å². The van der Waals surface area contributed by atoms with Crippen LogP contribution in [0.1, 0.15) is 11.4 Å². The van der Waals surface area contributed by atoms with Gasteiger partial charge in [-0.05, 0) is 25.1 Å². The van der Waals surface area contributed by atoms with Crippen LogP contribution in [0.15, 0.2) is 24.3 Å². The van der Waals surface area contributed by atoms with E-state index in [9.17, 15) is 17.6 Å². The van der Waals surface area contributed by atoms with Gasteiger partial charge in [0.1, 0.15) is 23.3 Å². The van der Waals surface area contributed by atoms with Crippen molar-refractivity contribution in [3.05, 3.63) is 41.5 Å². The number of aryl methyl sites for hydroxylation is 1. The minimum atomic E-state index is -4.54. The van der Waals surface area contributed by atoms with Gasteiger partial charge in [-0.3, -0.25) is 0 Å². The van der Waals surface area contributed by atoms with E-state index in [0.717, 1.165) is 6.07 Å². The number of nitrogens with one attached hydrogen (secondary N) is 2. The number of anilines is 3. The van der Waals surface area contributed by atoms with Crippen molar-refractivity contribution in [3.63, 3.8) is 0 Å². The highest BCUT2D eigenvalue weighted by atomic mass is 19.4. The topological polar surface area (TPSA) is 49.8 Å². The molecule has 1 heterocycles. The molecule has 0 bridgehead atoms. The first-order chi connectivity index (χ1) is 9.79. The van der Waals surface area contributed by atoms with Crippen LogP contribution in [0.25, 0.3) is 0 Å². The van der Waals surface area contributed by atoms with Crippen molar-refractivity contribution < 1.29 is 17.6 Å². The molecule has 0 saturated carbocycles. The van der Waals surface area contributed by atoms with Gasteiger partial charge in [-0.25, -0.2) is 14.4 Å². The molecule has 0 aliphatic carbocycles. The molecule has 0 unspecified atom stereocenters. The monoisotopic (exact) mass is 300 g/mol. The maximum atomic E-state index is 13.6. The molecule has 8 heteroatoms. The zero-order chi connectivity index (χ0) is 15.6. The molecule has 0 radical (unpaired) electrons. The van der Waals surface area contributed by atoms with Crippen LogP contribution in [0.4, 0.5) is 34.9 Å². The lowest BCUT2D eigenvalue weighted by molar-refractivity contribution is -0.137. The Kier molecular flexibility index (Phi) is 3.97. The largest absolute Gasteiger partial charge is 0.416 e. The molecule has 0 aliphatic heterocycles. The molecule has 2 aromatic rings. The third kappa shape index (κ3) is 3.59. The Morgan fingerprint density at radius 2 is 1.71 bits per heavy atom. The van der Waals surface area contributed by atoms with Gasteiger partial charge in [-0.2, -0.15) is 13.2 Å². The Morgan fingerprint density at radius 3 is 2.33 bits per heavy atom. The zero-order valence-electron chi connectivity index (χ0n) is 11.2. The maximum absolute atomic E-state index is 13.6.